The highest BCUT2D eigenvalue weighted by Crippen LogP contribution is 2.16. The van der Waals surface area contributed by atoms with E-state index in [0.29, 0.717) is 38.0 Å². The van der Waals surface area contributed by atoms with E-state index >= 15 is 0 Å². The molecule has 30 heavy (non-hydrogen) atoms. The highest BCUT2D eigenvalue weighted by Gasteiger charge is 2.04. The first kappa shape index (κ1) is 26.0. The van der Waals surface area contributed by atoms with Gasteiger partial charge in [-0.25, -0.2) is 9.38 Å². The van der Waals surface area contributed by atoms with Crippen LogP contribution in [0.15, 0.2) is 47.5 Å². The molecular formula is C22H31FIN3O3. The minimum Gasteiger partial charge on any atom is -0.497 e. The van der Waals surface area contributed by atoms with Crippen molar-refractivity contribution in [2.45, 2.75) is 26.4 Å². The minimum atomic E-state index is -0.341. The van der Waals surface area contributed by atoms with E-state index in [9.17, 15) is 4.39 Å². The van der Waals surface area contributed by atoms with E-state index in [1.165, 1.54) is 19.2 Å². The van der Waals surface area contributed by atoms with E-state index < -0.39 is 0 Å². The largest absolute Gasteiger partial charge is 0.497 e. The van der Waals surface area contributed by atoms with Crippen LogP contribution in [0, 0.1) is 5.82 Å². The third-order valence-corrected chi connectivity index (χ3v) is 4.17. The molecule has 0 aliphatic rings. The first-order chi connectivity index (χ1) is 14.1. The van der Waals surface area contributed by atoms with Gasteiger partial charge in [0.05, 0.1) is 20.8 Å². The second-order valence-corrected chi connectivity index (χ2v) is 6.34. The number of rotatable bonds is 11. The zero-order valence-electron chi connectivity index (χ0n) is 17.7. The van der Waals surface area contributed by atoms with Crippen LogP contribution in [0.4, 0.5) is 4.39 Å². The Hall–Kier alpha value is -2.07. The van der Waals surface area contributed by atoms with Gasteiger partial charge >= 0.3 is 0 Å². The molecule has 0 aliphatic heterocycles. The summed E-state index contributed by atoms with van der Waals surface area (Å²) in [6.07, 6.45) is 0.866. The molecule has 166 valence electrons. The smallest absolute Gasteiger partial charge is 0.191 e. The van der Waals surface area contributed by atoms with Crippen molar-refractivity contribution in [3.63, 3.8) is 0 Å². The lowest BCUT2D eigenvalue weighted by atomic mass is 10.2. The van der Waals surface area contributed by atoms with Gasteiger partial charge in [-0.2, -0.15) is 0 Å². The fourth-order valence-corrected chi connectivity index (χ4v) is 2.63. The molecule has 0 aliphatic carbocycles. The van der Waals surface area contributed by atoms with Gasteiger partial charge in [-0.1, -0.05) is 12.1 Å². The Kier molecular flexibility index (Phi) is 12.8. The Morgan fingerprint density at radius 3 is 2.37 bits per heavy atom. The van der Waals surface area contributed by atoms with Crippen molar-refractivity contribution >= 4 is 29.9 Å². The molecule has 0 atom stereocenters. The number of ether oxygens (including phenoxy) is 3. The molecular weight excluding hydrogens is 500 g/mol. The number of hydrogen-bond acceptors (Lipinski definition) is 4. The van der Waals surface area contributed by atoms with Gasteiger partial charge in [0.2, 0.25) is 0 Å². The molecule has 0 fully saturated rings. The molecule has 2 aromatic rings. The summed E-state index contributed by atoms with van der Waals surface area (Å²) in [6, 6.07) is 12.4. The predicted octanol–water partition coefficient (Wildman–Crippen LogP) is 4.12. The van der Waals surface area contributed by atoms with Crippen LogP contribution in [0.5, 0.6) is 11.5 Å². The van der Waals surface area contributed by atoms with Crippen molar-refractivity contribution in [2.75, 3.05) is 34.0 Å². The number of nitrogens with one attached hydrogen (secondary N) is 2. The Labute approximate surface area is 195 Å². The van der Waals surface area contributed by atoms with Crippen LogP contribution in [0.25, 0.3) is 0 Å². The summed E-state index contributed by atoms with van der Waals surface area (Å²) in [5, 5.41) is 6.60. The number of halogens is 2. The molecule has 0 bridgehead atoms. The molecule has 0 saturated carbocycles. The molecule has 6 nitrogen and oxygen atoms in total. The fourth-order valence-electron chi connectivity index (χ4n) is 2.63. The molecule has 8 heteroatoms. The molecule has 2 rings (SSSR count). The lowest BCUT2D eigenvalue weighted by Crippen LogP contribution is -2.37. The van der Waals surface area contributed by atoms with Crippen molar-refractivity contribution in [1.29, 1.82) is 0 Å². The van der Waals surface area contributed by atoms with Crippen molar-refractivity contribution in [3.8, 4) is 11.5 Å². The Morgan fingerprint density at radius 2 is 1.70 bits per heavy atom. The van der Waals surface area contributed by atoms with Crippen LogP contribution in [-0.4, -0.2) is 39.9 Å². The number of guanidine groups is 1. The number of hydrogen-bond donors (Lipinski definition) is 2. The number of methoxy groups -OCH3 is 2. The van der Waals surface area contributed by atoms with E-state index in [4.69, 9.17) is 14.2 Å². The average molecular weight is 531 g/mol. The molecule has 0 radical (unpaired) electrons. The normalized spacial score (nSPS) is 10.9. The van der Waals surface area contributed by atoms with Crippen molar-refractivity contribution in [2.24, 2.45) is 4.99 Å². The van der Waals surface area contributed by atoms with E-state index in [2.05, 4.69) is 15.6 Å². The van der Waals surface area contributed by atoms with Crippen LogP contribution in [0.3, 0.4) is 0 Å². The summed E-state index contributed by atoms with van der Waals surface area (Å²) in [6.45, 7) is 5.03. The second kappa shape index (κ2) is 14.8. The van der Waals surface area contributed by atoms with Crippen LogP contribution in [0.1, 0.15) is 24.5 Å². The molecule has 0 saturated heterocycles. The standard InChI is InChI=1S/C22H30FN3O3.HI/c1-4-29-11-5-10-24-22(25-15-17-6-8-20(27-2)9-7-17)26-16-18-12-19(23)14-21(13-18)28-3;/h6-9,12-14H,4-5,10-11,15-16H2,1-3H3,(H2,24,25,26);1H. The molecule has 0 unspecified atom stereocenters. The van der Waals surface area contributed by atoms with Gasteiger partial charge in [0, 0.05) is 32.4 Å². The SMILES string of the molecule is CCOCCCNC(=NCc1cc(F)cc(OC)c1)NCc1ccc(OC)cc1.I. The highest BCUT2D eigenvalue weighted by molar-refractivity contribution is 14.0. The maximum Gasteiger partial charge on any atom is 0.191 e. The molecule has 0 aromatic heterocycles. The van der Waals surface area contributed by atoms with Gasteiger partial charge in [0.25, 0.3) is 0 Å². The van der Waals surface area contributed by atoms with Gasteiger partial charge < -0.3 is 24.8 Å². The summed E-state index contributed by atoms with van der Waals surface area (Å²) >= 11 is 0. The minimum absolute atomic E-state index is 0. The van der Waals surface area contributed by atoms with E-state index in [0.717, 1.165) is 29.8 Å². The van der Waals surface area contributed by atoms with Crippen molar-refractivity contribution < 1.29 is 18.6 Å². The molecule has 2 N–H and O–H groups in total. The van der Waals surface area contributed by atoms with Gasteiger partial charge in [0.15, 0.2) is 5.96 Å². The first-order valence-corrected chi connectivity index (χ1v) is 9.71. The Morgan fingerprint density at radius 1 is 0.967 bits per heavy atom. The first-order valence-electron chi connectivity index (χ1n) is 9.71. The second-order valence-electron chi connectivity index (χ2n) is 6.34. The van der Waals surface area contributed by atoms with Gasteiger partial charge in [0.1, 0.15) is 17.3 Å². The molecule has 0 spiro atoms. The summed E-state index contributed by atoms with van der Waals surface area (Å²) in [5.41, 5.74) is 1.84. The number of benzene rings is 2. The maximum atomic E-state index is 13.7. The van der Waals surface area contributed by atoms with Crippen LogP contribution < -0.4 is 20.1 Å². The Balaban J connectivity index is 0.00000450. The van der Waals surface area contributed by atoms with E-state index in [-0.39, 0.29) is 29.8 Å². The summed E-state index contributed by atoms with van der Waals surface area (Å²) in [4.78, 5) is 4.58. The van der Waals surface area contributed by atoms with Crippen LogP contribution >= 0.6 is 24.0 Å². The van der Waals surface area contributed by atoms with E-state index in [1.54, 1.807) is 13.2 Å². The Bertz CT molecular complexity index is 773. The quantitative estimate of drug-likeness (QED) is 0.198. The lowest BCUT2D eigenvalue weighted by Gasteiger charge is -2.13. The van der Waals surface area contributed by atoms with Gasteiger partial charge in [-0.05, 0) is 48.7 Å². The predicted molar refractivity (Wildman–Crippen MR) is 128 cm³/mol. The third-order valence-electron chi connectivity index (χ3n) is 4.17. The zero-order valence-corrected chi connectivity index (χ0v) is 20.1. The maximum absolute atomic E-state index is 13.7. The third kappa shape index (κ3) is 9.62. The highest BCUT2D eigenvalue weighted by atomic mass is 127. The van der Waals surface area contributed by atoms with Gasteiger partial charge in [-0.15, -0.1) is 24.0 Å². The van der Waals surface area contributed by atoms with Crippen molar-refractivity contribution in [1.82, 2.24) is 10.6 Å². The molecule has 0 heterocycles. The lowest BCUT2D eigenvalue weighted by molar-refractivity contribution is 0.145. The molecule has 0 amide bonds. The zero-order chi connectivity index (χ0) is 20.9. The van der Waals surface area contributed by atoms with E-state index in [1.807, 2.05) is 31.2 Å². The van der Waals surface area contributed by atoms with Crippen LogP contribution in [-0.2, 0) is 17.8 Å². The number of aliphatic imine (C=N–C) groups is 1. The summed E-state index contributed by atoms with van der Waals surface area (Å²) in [7, 11) is 3.16. The van der Waals surface area contributed by atoms with Crippen molar-refractivity contribution in [3.05, 3.63) is 59.4 Å². The number of nitrogens with zero attached hydrogens (tertiary/aromatic N) is 1. The fraction of sp³-hybridized carbons (Fsp3) is 0.409. The molecule has 2 aromatic carbocycles. The monoisotopic (exact) mass is 531 g/mol. The van der Waals surface area contributed by atoms with Gasteiger partial charge in [-0.3, -0.25) is 0 Å². The van der Waals surface area contributed by atoms with Crippen LogP contribution in [0.2, 0.25) is 0 Å². The topological polar surface area (TPSA) is 64.1 Å². The summed E-state index contributed by atoms with van der Waals surface area (Å²) in [5.74, 6) is 1.61. The average Bonchev–Trinajstić information content (AvgIpc) is 2.74. The summed E-state index contributed by atoms with van der Waals surface area (Å²) < 4.78 is 29.4.